The Bertz CT molecular complexity index is 409. The molecule has 0 bridgehead atoms. The summed E-state index contributed by atoms with van der Waals surface area (Å²) in [7, 11) is 1.59. The van der Waals surface area contributed by atoms with Gasteiger partial charge >= 0.3 is 0 Å². The molecule has 0 aromatic carbocycles. The highest BCUT2D eigenvalue weighted by atomic mass is 16.5. The average Bonchev–Trinajstić information content (AvgIpc) is 2.59. The van der Waals surface area contributed by atoms with E-state index in [9.17, 15) is 0 Å². The molecule has 2 heterocycles. The van der Waals surface area contributed by atoms with Crippen LogP contribution in [0.25, 0.3) is 11.2 Å². The first-order chi connectivity index (χ1) is 6.79. The van der Waals surface area contributed by atoms with E-state index < -0.39 is 0 Å². The lowest BCUT2D eigenvalue weighted by atomic mass is 10.4. The molecule has 0 aliphatic rings. The second-order valence-electron chi connectivity index (χ2n) is 2.55. The molecule has 0 saturated carbocycles. The summed E-state index contributed by atoms with van der Waals surface area (Å²) >= 11 is 0. The quantitative estimate of drug-likeness (QED) is 0.756. The number of aryl methyl sites for hydroxylation is 1. The van der Waals surface area contributed by atoms with Gasteiger partial charge in [-0.05, 0) is 13.0 Å². The van der Waals surface area contributed by atoms with E-state index in [-0.39, 0.29) is 0 Å². The number of nitrogens with zero attached hydrogens (tertiary/aromatic N) is 2. The minimum Gasteiger partial charge on any atom is -0.481 e. The van der Waals surface area contributed by atoms with Crippen LogP contribution in [0.5, 0.6) is 5.88 Å². The zero-order valence-electron chi connectivity index (χ0n) is 8.96. The normalized spacial score (nSPS) is 9.43. The van der Waals surface area contributed by atoms with Gasteiger partial charge in [0.1, 0.15) is 5.82 Å². The highest BCUT2D eigenvalue weighted by Crippen LogP contribution is 2.13. The van der Waals surface area contributed by atoms with Gasteiger partial charge in [0.15, 0.2) is 5.65 Å². The van der Waals surface area contributed by atoms with Crippen LogP contribution in [0, 0.1) is 6.92 Å². The smallest absolute Gasteiger partial charge is 0.215 e. The highest BCUT2D eigenvalue weighted by molar-refractivity contribution is 5.71. The summed E-state index contributed by atoms with van der Waals surface area (Å²) in [6.45, 7) is 5.90. The number of aromatic nitrogens is 3. The number of imidazole rings is 1. The monoisotopic (exact) mass is 193 g/mol. The maximum Gasteiger partial charge on any atom is 0.215 e. The van der Waals surface area contributed by atoms with Crippen molar-refractivity contribution < 1.29 is 4.74 Å². The number of hydrogen-bond acceptors (Lipinski definition) is 3. The van der Waals surface area contributed by atoms with E-state index in [0.717, 1.165) is 11.3 Å². The lowest BCUT2D eigenvalue weighted by molar-refractivity contribution is 0.399. The SMILES string of the molecule is CC.COc1ccc2[nH]c(C)nc2n1. The molecule has 2 aromatic rings. The molecule has 14 heavy (non-hydrogen) atoms. The molecule has 0 unspecified atom stereocenters. The molecule has 0 radical (unpaired) electrons. The van der Waals surface area contributed by atoms with Crippen LogP contribution in [-0.2, 0) is 0 Å². The number of pyridine rings is 1. The van der Waals surface area contributed by atoms with Gasteiger partial charge in [-0.15, -0.1) is 0 Å². The van der Waals surface area contributed by atoms with Gasteiger partial charge in [-0.3, -0.25) is 0 Å². The van der Waals surface area contributed by atoms with E-state index >= 15 is 0 Å². The van der Waals surface area contributed by atoms with Crippen molar-refractivity contribution in [3.8, 4) is 5.88 Å². The van der Waals surface area contributed by atoms with Crippen LogP contribution in [0.1, 0.15) is 19.7 Å². The zero-order chi connectivity index (χ0) is 10.6. The third kappa shape index (κ3) is 2.02. The number of H-pyrrole nitrogens is 1. The van der Waals surface area contributed by atoms with Gasteiger partial charge in [0.2, 0.25) is 5.88 Å². The Morgan fingerprint density at radius 1 is 1.21 bits per heavy atom. The lowest BCUT2D eigenvalue weighted by Crippen LogP contribution is -1.86. The summed E-state index contributed by atoms with van der Waals surface area (Å²) in [5, 5.41) is 0. The zero-order valence-corrected chi connectivity index (χ0v) is 8.96. The Morgan fingerprint density at radius 2 is 1.93 bits per heavy atom. The fourth-order valence-corrected chi connectivity index (χ4v) is 1.11. The van der Waals surface area contributed by atoms with E-state index in [1.165, 1.54) is 0 Å². The molecule has 0 amide bonds. The highest BCUT2D eigenvalue weighted by Gasteiger charge is 2.01. The molecule has 0 saturated heterocycles. The van der Waals surface area contributed by atoms with Crippen molar-refractivity contribution in [2.75, 3.05) is 7.11 Å². The Labute approximate surface area is 83.3 Å². The number of ether oxygens (including phenoxy) is 1. The molecule has 2 rings (SSSR count). The topological polar surface area (TPSA) is 50.8 Å². The van der Waals surface area contributed by atoms with Crippen LogP contribution in [-0.4, -0.2) is 22.1 Å². The summed E-state index contributed by atoms with van der Waals surface area (Å²) in [6, 6.07) is 3.71. The van der Waals surface area contributed by atoms with Gasteiger partial charge in [-0.2, -0.15) is 4.98 Å². The lowest BCUT2D eigenvalue weighted by Gasteiger charge is -1.95. The molecule has 0 aliphatic heterocycles. The molecular weight excluding hydrogens is 178 g/mol. The standard InChI is InChI=1S/C8H9N3O.C2H6/c1-5-9-6-3-4-7(12-2)11-8(6)10-5;1-2/h3-4H,1-2H3,(H,9,10,11);1-2H3. The number of hydrogen-bond donors (Lipinski definition) is 1. The van der Waals surface area contributed by atoms with Crippen molar-refractivity contribution in [2.45, 2.75) is 20.8 Å². The number of methoxy groups -OCH3 is 1. The van der Waals surface area contributed by atoms with Gasteiger partial charge in [0.25, 0.3) is 0 Å². The van der Waals surface area contributed by atoms with Gasteiger partial charge in [0.05, 0.1) is 12.6 Å². The molecule has 4 nitrogen and oxygen atoms in total. The van der Waals surface area contributed by atoms with Crippen LogP contribution < -0.4 is 4.74 Å². The summed E-state index contributed by atoms with van der Waals surface area (Å²) in [5.74, 6) is 1.46. The van der Waals surface area contributed by atoms with Crippen LogP contribution in [0.2, 0.25) is 0 Å². The van der Waals surface area contributed by atoms with Gasteiger partial charge in [-0.25, -0.2) is 4.98 Å². The van der Waals surface area contributed by atoms with E-state index in [1.54, 1.807) is 13.2 Å². The van der Waals surface area contributed by atoms with Crippen molar-refractivity contribution in [3.63, 3.8) is 0 Å². The van der Waals surface area contributed by atoms with E-state index in [0.29, 0.717) is 11.5 Å². The Balaban J connectivity index is 0.000000461. The summed E-state index contributed by atoms with van der Waals surface area (Å²) in [6.07, 6.45) is 0. The van der Waals surface area contributed by atoms with Gasteiger partial charge in [0, 0.05) is 6.07 Å². The number of nitrogens with one attached hydrogen (secondary N) is 1. The number of fused-ring (bicyclic) bond motifs is 1. The fourth-order valence-electron chi connectivity index (χ4n) is 1.11. The third-order valence-electron chi connectivity index (χ3n) is 1.65. The maximum atomic E-state index is 4.97. The molecule has 0 aliphatic carbocycles. The van der Waals surface area contributed by atoms with Crippen LogP contribution in [0.4, 0.5) is 0 Å². The first kappa shape index (κ1) is 10.5. The van der Waals surface area contributed by atoms with E-state index in [4.69, 9.17) is 4.74 Å². The van der Waals surface area contributed by atoms with Crippen LogP contribution in [0.15, 0.2) is 12.1 Å². The minimum atomic E-state index is 0.592. The maximum absolute atomic E-state index is 4.97. The van der Waals surface area contributed by atoms with Crippen LogP contribution >= 0.6 is 0 Å². The Morgan fingerprint density at radius 3 is 2.57 bits per heavy atom. The second kappa shape index (κ2) is 4.60. The molecule has 2 aromatic heterocycles. The Kier molecular flexibility index (Phi) is 3.45. The van der Waals surface area contributed by atoms with Gasteiger partial charge < -0.3 is 9.72 Å². The molecule has 0 atom stereocenters. The molecule has 1 N–H and O–H groups in total. The van der Waals surface area contributed by atoms with Crippen molar-refractivity contribution in [3.05, 3.63) is 18.0 Å². The Hall–Kier alpha value is -1.58. The largest absolute Gasteiger partial charge is 0.481 e. The number of aromatic amines is 1. The minimum absolute atomic E-state index is 0.592. The molecular formula is C10H15N3O. The fraction of sp³-hybridized carbons (Fsp3) is 0.400. The van der Waals surface area contributed by atoms with Gasteiger partial charge in [-0.1, -0.05) is 13.8 Å². The van der Waals surface area contributed by atoms with Crippen molar-refractivity contribution in [1.82, 2.24) is 15.0 Å². The molecule has 0 fully saturated rings. The molecule has 0 spiro atoms. The van der Waals surface area contributed by atoms with Crippen molar-refractivity contribution in [2.24, 2.45) is 0 Å². The van der Waals surface area contributed by atoms with Crippen LogP contribution in [0.3, 0.4) is 0 Å². The molecule has 76 valence electrons. The first-order valence-corrected chi connectivity index (χ1v) is 4.67. The van der Waals surface area contributed by atoms with E-state index in [1.807, 2.05) is 26.8 Å². The first-order valence-electron chi connectivity index (χ1n) is 4.67. The van der Waals surface area contributed by atoms with E-state index in [2.05, 4.69) is 15.0 Å². The summed E-state index contributed by atoms with van der Waals surface area (Å²) in [4.78, 5) is 11.4. The summed E-state index contributed by atoms with van der Waals surface area (Å²) < 4.78 is 4.97. The average molecular weight is 193 g/mol. The second-order valence-corrected chi connectivity index (χ2v) is 2.55. The predicted octanol–water partition coefficient (Wildman–Crippen LogP) is 2.30. The summed E-state index contributed by atoms with van der Waals surface area (Å²) in [5.41, 5.74) is 1.64. The third-order valence-corrected chi connectivity index (χ3v) is 1.65. The molecule has 4 heteroatoms. The van der Waals surface area contributed by atoms with Crippen molar-refractivity contribution in [1.29, 1.82) is 0 Å². The van der Waals surface area contributed by atoms with Crippen molar-refractivity contribution >= 4 is 11.2 Å². The number of rotatable bonds is 1. The predicted molar refractivity (Wildman–Crippen MR) is 56.5 cm³/mol.